The number of rotatable bonds is 13. The zero-order valence-corrected chi connectivity index (χ0v) is 65.5. The minimum Gasteiger partial charge on any atom is -0.310 e. The van der Waals surface area contributed by atoms with Crippen molar-refractivity contribution in [1.29, 1.82) is 0 Å². The molecule has 0 saturated heterocycles. The Morgan fingerprint density at radius 1 is 0.142 bits per heavy atom. The molecule has 558 valence electrons. The van der Waals surface area contributed by atoms with E-state index in [2.05, 4.69) is 468 Å². The number of nitrogens with zero attached hydrogens (tertiary/aromatic N) is 4. The molecule has 0 aliphatic rings. The first-order chi connectivity index (χ1) is 59.5. The van der Waals surface area contributed by atoms with Gasteiger partial charge in [0.05, 0.1) is 22.1 Å². The summed E-state index contributed by atoms with van der Waals surface area (Å²) in [6.45, 7) is 0. The molecule has 0 bridgehead atoms. The molecule has 0 aliphatic carbocycles. The van der Waals surface area contributed by atoms with Crippen LogP contribution in [-0.4, -0.2) is 9.13 Å². The van der Waals surface area contributed by atoms with E-state index in [1.807, 2.05) is 0 Å². The summed E-state index contributed by atoms with van der Waals surface area (Å²) in [4.78, 5) is 4.83. The second-order valence-electron chi connectivity index (χ2n) is 31.9. The minimum atomic E-state index is 1.07. The summed E-state index contributed by atoms with van der Waals surface area (Å²) in [5, 5.41) is 24.6. The molecule has 0 N–H and O–H groups in total. The number of benzene rings is 22. The van der Waals surface area contributed by atoms with E-state index in [0.29, 0.717) is 0 Å². The Labute approximate surface area is 694 Å². The molecular weight excluding hydrogens is 1450 g/mol. The molecule has 0 saturated carbocycles. The molecule has 2 heterocycles. The maximum Gasteiger partial charge on any atom is 0.0619 e. The van der Waals surface area contributed by atoms with Crippen molar-refractivity contribution in [2.24, 2.45) is 0 Å². The Balaban J connectivity index is 0.563. The lowest BCUT2D eigenvalue weighted by molar-refractivity contribution is 1.18. The van der Waals surface area contributed by atoms with E-state index in [-0.39, 0.29) is 0 Å². The molecule has 0 amide bonds. The zero-order chi connectivity index (χ0) is 78.9. The van der Waals surface area contributed by atoms with E-state index in [4.69, 9.17) is 0 Å². The largest absolute Gasteiger partial charge is 0.310 e. The highest BCUT2D eigenvalue weighted by molar-refractivity contribution is 6.18. The van der Waals surface area contributed by atoms with Gasteiger partial charge in [-0.25, -0.2) is 0 Å². The van der Waals surface area contributed by atoms with Gasteiger partial charge in [-0.15, -0.1) is 0 Å². The summed E-state index contributed by atoms with van der Waals surface area (Å²) in [7, 11) is 0. The maximum absolute atomic E-state index is 2.46. The molecule has 4 nitrogen and oxygen atoms in total. The summed E-state index contributed by atoms with van der Waals surface area (Å²) in [6.07, 6.45) is 0. The van der Waals surface area contributed by atoms with E-state index >= 15 is 0 Å². The Hall–Kier alpha value is -15.9. The van der Waals surface area contributed by atoms with Crippen molar-refractivity contribution in [1.82, 2.24) is 9.13 Å². The molecular formula is C116H74N4. The molecule has 24 aromatic rings. The fourth-order valence-electron chi connectivity index (χ4n) is 19.5. The standard InChI is InChI=1S/C116H74N4/c1-3-23-88(24-4-1)119-114-73-83(81-22-15-27-93(70-81)118(95-61-68-102-87(72-95)42-40-76-20-8-11-29-97(76)102)92-56-45-79(46-57-92)99-32-16-35-105-98-30-12-9-21-77(98)49-63-107(99)105)51-65-110(114)111-66-52-84(74-115(111)119)82-50-62-103-85(69-82)53-64-108-100(33-17-36-106(103)108)78-43-54-90(55-44-78)117(94-60-67-101-86(71-94)41-39-75-19-7-10-28-96(75)101)91-58-47-80(48-59-91)104-34-18-37-112-109-31-13-14-38-113(109)120(116(104)112)89-25-5-2-6-26-89/h1-74H. The number of fused-ring (bicyclic) bond motifs is 18. The maximum atomic E-state index is 2.46. The van der Waals surface area contributed by atoms with E-state index in [1.165, 1.54) is 147 Å². The average Bonchev–Trinajstić information content (AvgIpc) is 1.59. The second-order valence-corrected chi connectivity index (χ2v) is 31.9. The van der Waals surface area contributed by atoms with Crippen LogP contribution in [0.3, 0.4) is 0 Å². The third-order valence-corrected chi connectivity index (χ3v) is 25.2. The predicted molar refractivity (Wildman–Crippen MR) is 512 cm³/mol. The van der Waals surface area contributed by atoms with Crippen LogP contribution in [0.25, 0.3) is 197 Å². The predicted octanol–water partition coefficient (Wildman–Crippen LogP) is 32.4. The summed E-state index contributed by atoms with van der Waals surface area (Å²) in [5.74, 6) is 0. The van der Waals surface area contributed by atoms with Crippen molar-refractivity contribution in [3.05, 3.63) is 449 Å². The Morgan fingerprint density at radius 3 is 1.00 bits per heavy atom. The van der Waals surface area contributed by atoms with Gasteiger partial charge in [0, 0.05) is 72.6 Å². The fraction of sp³-hybridized carbons (Fsp3) is 0. The molecule has 0 fully saturated rings. The van der Waals surface area contributed by atoms with Gasteiger partial charge < -0.3 is 18.9 Å². The van der Waals surface area contributed by atoms with Crippen molar-refractivity contribution >= 4 is 164 Å². The van der Waals surface area contributed by atoms with Gasteiger partial charge in [-0.2, -0.15) is 0 Å². The molecule has 0 atom stereocenters. The topological polar surface area (TPSA) is 16.3 Å². The molecule has 24 rings (SSSR count). The fourth-order valence-corrected chi connectivity index (χ4v) is 19.5. The first-order valence-corrected chi connectivity index (χ1v) is 41.4. The zero-order valence-electron chi connectivity index (χ0n) is 65.5. The van der Waals surface area contributed by atoms with Crippen LogP contribution in [0, 0.1) is 0 Å². The SMILES string of the molecule is c1ccc(-n2c3cc(-c4cccc(N(c5ccc(-c6cccc7c6ccc6ccccc67)cc5)c5ccc6c(ccc7ccccc76)c5)c4)ccc3c3ccc(-c4ccc5c(ccc6c(-c7ccc(N(c8ccc(-c9cccc%10c%11ccccc%11n(-c%11ccccc%11)c9%10)cc8)c8ccc9c(ccc%10ccccc%109)c8)cc7)cccc65)c4)cc32)cc1. The van der Waals surface area contributed by atoms with Crippen LogP contribution >= 0.6 is 0 Å². The van der Waals surface area contributed by atoms with E-state index in [0.717, 1.165) is 84.3 Å². The quantitative estimate of drug-likeness (QED) is 0.107. The Kier molecular flexibility index (Phi) is 16.0. The average molecular weight is 1520 g/mol. The smallest absolute Gasteiger partial charge is 0.0619 e. The van der Waals surface area contributed by atoms with Crippen LogP contribution in [0.5, 0.6) is 0 Å². The summed E-state index contributed by atoms with van der Waals surface area (Å²) in [6, 6.07) is 167. The van der Waals surface area contributed by atoms with Crippen LogP contribution in [0.1, 0.15) is 0 Å². The van der Waals surface area contributed by atoms with E-state index in [1.54, 1.807) is 0 Å². The second kappa shape index (κ2) is 28.0. The number of hydrogen-bond acceptors (Lipinski definition) is 2. The molecule has 2 aromatic heterocycles. The van der Waals surface area contributed by atoms with Crippen LogP contribution in [0.2, 0.25) is 0 Å². The van der Waals surface area contributed by atoms with Crippen molar-refractivity contribution in [3.8, 4) is 67.0 Å². The monoisotopic (exact) mass is 1520 g/mol. The van der Waals surface area contributed by atoms with Gasteiger partial charge in [0.1, 0.15) is 0 Å². The minimum absolute atomic E-state index is 1.07. The highest BCUT2D eigenvalue weighted by Gasteiger charge is 2.23. The summed E-state index contributed by atoms with van der Waals surface area (Å²) < 4.78 is 4.89. The van der Waals surface area contributed by atoms with Gasteiger partial charge in [0.2, 0.25) is 0 Å². The lowest BCUT2D eigenvalue weighted by Gasteiger charge is -2.27. The van der Waals surface area contributed by atoms with Crippen LogP contribution in [0.15, 0.2) is 449 Å². The van der Waals surface area contributed by atoms with Crippen LogP contribution in [0.4, 0.5) is 34.1 Å². The van der Waals surface area contributed by atoms with Gasteiger partial charge >= 0.3 is 0 Å². The molecule has 120 heavy (non-hydrogen) atoms. The van der Waals surface area contributed by atoms with E-state index in [9.17, 15) is 0 Å². The lowest BCUT2D eigenvalue weighted by atomic mass is 9.93. The third kappa shape index (κ3) is 11.4. The highest BCUT2D eigenvalue weighted by Crippen LogP contribution is 2.47. The molecule has 0 spiro atoms. The van der Waals surface area contributed by atoms with Gasteiger partial charge in [-0.05, 0) is 258 Å². The van der Waals surface area contributed by atoms with Gasteiger partial charge in [0.25, 0.3) is 0 Å². The Bertz CT molecular complexity index is 8260. The van der Waals surface area contributed by atoms with E-state index < -0.39 is 0 Å². The molecule has 0 unspecified atom stereocenters. The molecule has 0 aliphatic heterocycles. The van der Waals surface area contributed by atoms with Crippen molar-refractivity contribution in [3.63, 3.8) is 0 Å². The summed E-state index contributed by atoms with van der Waals surface area (Å²) >= 11 is 0. The molecule has 0 radical (unpaired) electrons. The number of aromatic nitrogens is 2. The van der Waals surface area contributed by atoms with Crippen molar-refractivity contribution in [2.45, 2.75) is 0 Å². The van der Waals surface area contributed by atoms with Gasteiger partial charge in [-0.3, -0.25) is 0 Å². The lowest BCUT2D eigenvalue weighted by Crippen LogP contribution is -2.10. The number of hydrogen-bond donors (Lipinski definition) is 0. The van der Waals surface area contributed by atoms with Crippen LogP contribution < -0.4 is 9.80 Å². The normalized spacial score (nSPS) is 11.8. The highest BCUT2D eigenvalue weighted by atomic mass is 15.1. The Morgan fingerprint density at radius 2 is 0.458 bits per heavy atom. The number of anilines is 6. The third-order valence-electron chi connectivity index (χ3n) is 25.2. The first kappa shape index (κ1) is 68.5. The van der Waals surface area contributed by atoms with Crippen LogP contribution in [-0.2, 0) is 0 Å². The van der Waals surface area contributed by atoms with Crippen molar-refractivity contribution in [2.75, 3.05) is 9.80 Å². The van der Waals surface area contributed by atoms with Gasteiger partial charge in [0.15, 0.2) is 0 Å². The van der Waals surface area contributed by atoms with Gasteiger partial charge in [-0.1, -0.05) is 328 Å². The number of para-hydroxylation sites is 4. The molecule has 4 heteroatoms. The molecule has 22 aromatic carbocycles. The first-order valence-electron chi connectivity index (χ1n) is 41.4. The summed E-state index contributed by atoms with van der Waals surface area (Å²) in [5.41, 5.74) is 25.1. The van der Waals surface area contributed by atoms with Crippen molar-refractivity contribution < 1.29 is 0 Å².